The zero-order chi connectivity index (χ0) is 22.0. The number of ketones is 1. The van der Waals surface area contributed by atoms with Crippen molar-refractivity contribution in [1.82, 2.24) is 19.9 Å². The fourth-order valence-corrected chi connectivity index (χ4v) is 3.57. The normalized spacial score (nSPS) is 11.9. The maximum Gasteiger partial charge on any atom is 0.287 e. The van der Waals surface area contributed by atoms with Crippen molar-refractivity contribution in [3.63, 3.8) is 0 Å². The number of nitrogens with zero attached hydrogens (tertiary/aromatic N) is 2. The number of nitrogens with one attached hydrogen (secondary N) is 2. The molecule has 0 saturated carbocycles. The minimum absolute atomic E-state index is 0.149. The number of primary amides is 1. The topological polar surface area (TPSA) is 123 Å². The average Bonchev–Trinajstić information content (AvgIpc) is 3.39. The second kappa shape index (κ2) is 8.27. The van der Waals surface area contributed by atoms with E-state index >= 15 is 0 Å². The zero-order valence-corrected chi connectivity index (χ0v) is 16.8. The van der Waals surface area contributed by atoms with Crippen molar-refractivity contribution >= 4 is 28.5 Å². The van der Waals surface area contributed by atoms with Crippen molar-refractivity contribution in [2.24, 2.45) is 5.73 Å². The average molecular weight is 415 g/mol. The van der Waals surface area contributed by atoms with Crippen molar-refractivity contribution in [3.8, 4) is 5.69 Å². The van der Waals surface area contributed by atoms with Gasteiger partial charge in [-0.25, -0.2) is 4.98 Å². The van der Waals surface area contributed by atoms with Crippen molar-refractivity contribution < 1.29 is 14.4 Å². The molecule has 4 rings (SSSR count). The standard InChI is InChI=1S/C23H21N5O3/c1-14-26-13-20(28(14)17-8-7-16-9-10-25-18(16)12-17)23(31)27-19(21(29)22(24)30)11-15-5-3-2-4-6-15/h2-10,12-13,19,25H,11H2,1H3,(H2,24,30)(H,27,31). The summed E-state index contributed by atoms with van der Waals surface area (Å²) in [6.07, 6.45) is 3.43. The molecule has 1 atom stereocenters. The van der Waals surface area contributed by atoms with Crippen LogP contribution in [0.15, 0.2) is 67.0 Å². The van der Waals surface area contributed by atoms with Crippen LogP contribution in [0.4, 0.5) is 0 Å². The lowest BCUT2D eigenvalue weighted by Crippen LogP contribution is -2.47. The van der Waals surface area contributed by atoms with Crippen LogP contribution < -0.4 is 11.1 Å². The van der Waals surface area contributed by atoms with E-state index in [-0.39, 0.29) is 12.1 Å². The van der Waals surface area contributed by atoms with E-state index in [1.54, 1.807) is 11.5 Å². The summed E-state index contributed by atoms with van der Waals surface area (Å²) in [7, 11) is 0. The number of hydrogen-bond acceptors (Lipinski definition) is 4. The first-order chi connectivity index (χ1) is 14.9. The highest BCUT2D eigenvalue weighted by molar-refractivity contribution is 6.38. The zero-order valence-electron chi connectivity index (χ0n) is 16.8. The van der Waals surface area contributed by atoms with Gasteiger partial charge in [-0.05, 0) is 36.1 Å². The third kappa shape index (κ3) is 4.09. The minimum atomic E-state index is -1.09. The molecule has 2 aromatic carbocycles. The Morgan fingerprint density at radius 2 is 1.90 bits per heavy atom. The summed E-state index contributed by atoms with van der Waals surface area (Å²) < 4.78 is 1.70. The summed E-state index contributed by atoms with van der Waals surface area (Å²) in [5.41, 5.74) is 7.92. The van der Waals surface area contributed by atoms with Gasteiger partial charge in [0.05, 0.1) is 6.20 Å². The molecule has 0 aliphatic heterocycles. The number of hydrogen-bond donors (Lipinski definition) is 3. The van der Waals surface area contributed by atoms with Crippen molar-refractivity contribution in [2.45, 2.75) is 19.4 Å². The fourth-order valence-electron chi connectivity index (χ4n) is 3.57. The van der Waals surface area contributed by atoms with Crippen LogP contribution in [0.3, 0.4) is 0 Å². The van der Waals surface area contributed by atoms with Crippen LogP contribution in [0.2, 0.25) is 0 Å². The minimum Gasteiger partial charge on any atom is -0.363 e. The van der Waals surface area contributed by atoms with E-state index in [4.69, 9.17) is 5.73 Å². The van der Waals surface area contributed by atoms with Gasteiger partial charge in [0.25, 0.3) is 11.8 Å². The van der Waals surface area contributed by atoms with Gasteiger partial charge in [-0.15, -0.1) is 0 Å². The van der Waals surface area contributed by atoms with Crippen molar-refractivity contribution in [2.75, 3.05) is 0 Å². The van der Waals surface area contributed by atoms with Crippen LogP contribution in [-0.2, 0) is 16.0 Å². The van der Waals surface area contributed by atoms with Crippen LogP contribution >= 0.6 is 0 Å². The van der Waals surface area contributed by atoms with Gasteiger partial charge >= 0.3 is 0 Å². The van der Waals surface area contributed by atoms with Gasteiger partial charge in [0.15, 0.2) is 0 Å². The van der Waals surface area contributed by atoms with Gasteiger partial charge in [0, 0.05) is 23.8 Å². The number of imidazole rings is 1. The first-order valence-electron chi connectivity index (χ1n) is 9.74. The molecule has 0 aliphatic carbocycles. The van der Waals surface area contributed by atoms with Gasteiger partial charge in [0.1, 0.15) is 17.6 Å². The Bertz CT molecular complexity index is 1270. The molecular formula is C23H21N5O3. The van der Waals surface area contributed by atoms with E-state index in [0.717, 1.165) is 22.2 Å². The number of fused-ring (bicyclic) bond motifs is 1. The Labute approximate surface area is 178 Å². The molecule has 2 aromatic heterocycles. The maximum atomic E-state index is 13.1. The highest BCUT2D eigenvalue weighted by atomic mass is 16.2. The smallest absolute Gasteiger partial charge is 0.287 e. The summed E-state index contributed by atoms with van der Waals surface area (Å²) in [4.78, 5) is 44.4. The Balaban J connectivity index is 1.65. The number of benzene rings is 2. The quantitative estimate of drug-likeness (QED) is 0.400. The lowest BCUT2D eigenvalue weighted by molar-refractivity contribution is -0.137. The molecule has 4 aromatic rings. The van der Waals surface area contributed by atoms with Crippen molar-refractivity contribution in [3.05, 3.63) is 84.1 Å². The number of H-pyrrole nitrogens is 1. The SMILES string of the molecule is Cc1ncc(C(=O)NC(Cc2ccccc2)C(=O)C(N)=O)n1-c1ccc2cc[nH]c2c1. The van der Waals surface area contributed by atoms with Crippen molar-refractivity contribution in [1.29, 1.82) is 0 Å². The number of aromatic nitrogens is 3. The molecule has 8 heteroatoms. The molecule has 0 aliphatic rings. The molecule has 0 bridgehead atoms. The molecule has 0 radical (unpaired) electrons. The Morgan fingerprint density at radius 1 is 1.13 bits per heavy atom. The number of aromatic amines is 1. The summed E-state index contributed by atoms with van der Waals surface area (Å²) in [5.74, 6) is -1.87. The highest BCUT2D eigenvalue weighted by Crippen LogP contribution is 2.20. The van der Waals surface area contributed by atoms with Gasteiger partial charge in [-0.2, -0.15) is 0 Å². The van der Waals surface area contributed by atoms with Gasteiger partial charge in [0.2, 0.25) is 5.78 Å². The summed E-state index contributed by atoms with van der Waals surface area (Å²) in [5, 5.41) is 3.70. The molecule has 8 nitrogen and oxygen atoms in total. The number of Topliss-reactive ketones (excluding diaryl/α,β-unsaturated/α-hetero) is 1. The molecule has 156 valence electrons. The number of amides is 2. The molecule has 31 heavy (non-hydrogen) atoms. The molecule has 2 amide bonds. The predicted molar refractivity (Wildman–Crippen MR) is 116 cm³/mol. The second-order valence-electron chi connectivity index (χ2n) is 7.22. The third-order valence-electron chi connectivity index (χ3n) is 5.11. The highest BCUT2D eigenvalue weighted by Gasteiger charge is 2.27. The fraction of sp³-hybridized carbons (Fsp3) is 0.130. The Hall–Kier alpha value is -4.20. The van der Waals surface area contributed by atoms with Crippen LogP contribution in [0.1, 0.15) is 21.9 Å². The molecule has 0 saturated heterocycles. The van der Waals surface area contributed by atoms with Gasteiger partial charge in [-0.1, -0.05) is 36.4 Å². The van der Waals surface area contributed by atoms with Gasteiger partial charge in [-0.3, -0.25) is 19.0 Å². The first kappa shape index (κ1) is 20.1. The van der Waals surface area contributed by atoms with E-state index in [0.29, 0.717) is 5.82 Å². The molecule has 4 N–H and O–H groups in total. The maximum absolute atomic E-state index is 13.1. The molecule has 1 unspecified atom stereocenters. The van der Waals surface area contributed by atoms with E-state index in [2.05, 4.69) is 15.3 Å². The second-order valence-corrected chi connectivity index (χ2v) is 7.22. The van der Waals surface area contributed by atoms with Crippen LogP contribution in [-0.4, -0.2) is 38.2 Å². The van der Waals surface area contributed by atoms with Crippen LogP contribution in [0.5, 0.6) is 0 Å². The third-order valence-corrected chi connectivity index (χ3v) is 5.11. The Morgan fingerprint density at radius 3 is 2.65 bits per heavy atom. The number of carbonyl (C=O) groups is 3. The first-order valence-corrected chi connectivity index (χ1v) is 9.74. The lowest BCUT2D eigenvalue weighted by Gasteiger charge is -2.17. The largest absolute Gasteiger partial charge is 0.363 e. The number of nitrogens with two attached hydrogens (primary N) is 1. The Kier molecular flexibility index (Phi) is 5.36. The molecule has 0 spiro atoms. The molecular weight excluding hydrogens is 394 g/mol. The van der Waals surface area contributed by atoms with E-state index in [1.807, 2.05) is 60.8 Å². The number of aryl methyl sites for hydroxylation is 1. The molecule has 0 fully saturated rings. The lowest BCUT2D eigenvalue weighted by atomic mass is 10.0. The number of carbonyl (C=O) groups excluding carboxylic acids is 3. The van der Waals surface area contributed by atoms with Crippen LogP contribution in [0, 0.1) is 6.92 Å². The monoisotopic (exact) mass is 415 g/mol. The van der Waals surface area contributed by atoms with E-state index in [1.165, 1.54) is 6.20 Å². The van der Waals surface area contributed by atoms with Crippen LogP contribution in [0.25, 0.3) is 16.6 Å². The number of rotatable bonds is 7. The molecule has 2 heterocycles. The summed E-state index contributed by atoms with van der Waals surface area (Å²) >= 11 is 0. The van der Waals surface area contributed by atoms with E-state index < -0.39 is 23.6 Å². The van der Waals surface area contributed by atoms with Gasteiger partial charge < -0.3 is 16.0 Å². The summed E-state index contributed by atoms with van der Waals surface area (Å²) in [6, 6.07) is 15.7. The predicted octanol–water partition coefficient (Wildman–Crippen LogP) is 2.06. The van der Waals surface area contributed by atoms with E-state index in [9.17, 15) is 14.4 Å². The summed E-state index contributed by atoms with van der Waals surface area (Å²) in [6.45, 7) is 1.78.